The van der Waals surface area contributed by atoms with E-state index in [-0.39, 0.29) is 12.1 Å². The summed E-state index contributed by atoms with van der Waals surface area (Å²) in [5.41, 5.74) is -0.0688. The number of carbonyl (C=O) groups excluding carboxylic acids is 2. The smallest absolute Gasteiger partial charge is 0.408 e. The van der Waals surface area contributed by atoms with Gasteiger partial charge in [0.2, 0.25) is 0 Å². The van der Waals surface area contributed by atoms with Gasteiger partial charge in [0.1, 0.15) is 11.6 Å². The van der Waals surface area contributed by atoms with E-state index in [4.69, 9.17) is 9.47 Å². The first-order valence-electron chi connectivity index (χ1n) is 7.93. The molecule has 8 nitrogen and oxygen atoms in total. The van der Waals surface area contributed by atoms with E-state index in [2.05, 4.69) is 5.32 Å². The topological polar surface area (TPSA) is 108 Å². The van der Waals surface area contributed by atoms with Crippen molar-refractivity contribution in [3.05, 3.63) is 39.9 Å². The number of ether oxygens (including phenoxy) is 2. The number of amides is 1. The summed E-state index contributed by atoms with van der Waals surface area (Å²) >= 11 is 0. The molecule has 0 spiro atoms. The second-order valence-corrected chi connectivity index (χ2v) is 6.50. The number of methoxy groups -OCH3 is 1. The maximum Gasteiger partial charge on any atom is 0.408 e. The zero-order chi connectivity index (χ0) is 19.0. The number of aryl methyl sites for hydroxylation is 1. The Hall–Kier alpha value is -2.64. The van der Waals surface area contributed by atoms with Gasteiger partial charge in [-0.1, -0.05) is 18.2 Å². The average Bonchev–Trinajstić information content (AvgIpc) is 2.51. The molecule has 1 rings (SSSR count). The molecule has 1 N–H and O–H groups in total. The normalized spacial score (nSPS) is 12.2. The number of nitrogens with one attached hydrogen (secondary N) is 1. The van der Waals surface area contributed by atoms with Gasteiger partial charge in [-0.25, -0.2) is 9.59 Å². The Labute approximate surface area is 146 Å². The van der Waals surface area contributed by atoms with Crippen molar-refractivity contribution < 1.29 is 24.0 Å². The Bertz CT molecular complexity index is 624. The Morgan fingerprint density at radius 2 is 1.92 bits per heavy atom. The number of hydrogen-bond donors (Lipinski definition) is 1. The van der Waals surface area contributed by atoms with Crippen LogP contribution in [0, 0.1) is 10.1 Å². The fourth-order valence-electron chi connectivity index (χ4n) is 2.24. The van der Waals surface area contributed by atoms with Crippen LogP contribution in [-0.4, -0.2) is 35.7 Å². The molecule has 0 aromatic heterocycles. The molecule has 0 bridgehead atoms. The zero-order valence-electron chi connectivity index (χ0n) is 14.9. The molecule has 25 heavy (non-hydrogen) atoms. The first-order chi connectivity index (χ1) is 11.6. The summed E-state index contributed by atoms with van der Waals surface area (Å²) in [6.45, 7) is 5.15. The highest BCUT2D eigenvalue weighted by Crippen LogP contribution is 2.20. The standard InChI is InChI=1S/C17H24N2O6/c1-17(2,3)25-16(21)18-13(15(20)24-4)10-7-9-12-8-5-6-11-14(12)19(22)23/h5-6,8,11,13H,7,9-10H2,1-4H3,(H,18,21)/t13-/m0/s1. The molecule has 0 saturated heterocycles. The summed E-state index contributed by atoms with van der Waals surface area (Å²) in [7, 11) is 1.23. The van der Waals surface area contributed by atoms with Crippen molar-refractivity contribution in [3.8, 4) is 0 Å². The Kier molecular flexibility index (Phi) is 7.35. The molecule has 1 aromatic rings. The van der Waals surface area contributed by atoms with Crippen LogP contribution in [0.3, 0.4) is 0 Å². The van der Waals surface area contributed by atoms with Crippen LogP contribution >= 0.6 is 0 Å². The number of benzene rings is 1. The van der Waals surface area contributed by atoms with Crippen LogP contribution in [0.15, 0.2) is 24.3 Å². The van der Waals surface area contributed by atoms with E-state index in [1.165, 1.54) is 13.2 Å². The van der Waals surface area contributed by atoms with Gasteiger partial charge in [-0.05, 0) is 40.0 Å². The van der Waals surface area contributed by atoms with Crippen LogP contribution in [0.2, 0.25) is 0 Å². The van der Waals surface area contributed by atoms with Crippen molar-refractivity contribution in [1.29, 1.82) is 0 Å². The molecule has 0 unspecified atom stereocenters. The number of alkyl carbamates (subject to hydrolysis) is 1. The minimum Gasteiger partial charge on any atom is -0.467 e. The van der Waals surface area contributed by atoms with E-state index < -0.39 is 28.6 Å². The van der Waals surface area contributed by atoms with E-state index in [1.807, 2.05) is 0 Å². The maximum atomic E-state index is 11.8. The summed E-state index contributed by atoms with van der Waals surface area (Å²) in [6, 6.07) is 5.56. The van der Waals surface area contributed by atoms with Crippen LogP contribution in [0.5, 0.6) is 0 Å². The van der Waals surface area contributed by atoms with E-state index >= 15 is 0 Å². The number of nitro groups is 1. The van der Waals surface area contributed by atoms with Crippen molar-refractivity contribution >= 4 is 17.7 Å². The SMILES string of the molecule is COC(=O)[C@H](CCCc1ccccc1[N+](=O)[O-])NC(=O)OC(C)(C)C. The van der Waals surface area contributed by atoms with Gasteiger partial charge in [0.25, 0.3) is 5.69 Å². The fraction of sp³-hybridized carbons (Fsp3) is 0.529. The third-order valence-electron chi connectivity index (χ3n) is 3.30. The quantitative estimate of drug-likeness (QED) is 0.459. The summed E-state index contributed by atoms with van der Waals surface area (Å²) in [5, 5.41) is 13.5. The van der Waals surface area contributed by atoms with Gasteiger partial charge in [0.15, 0.2) is 0 Å². The second-order valence-electron chi connectivity index (χ2n) is 6.50. The number of nitro benzene ring substituents is 1. The summed E-state index contributed by atoms with van der Waals surface area (Å²) in [6.07, 6.45) is 0.424. The molecule has 1 aromatic carbocycles. The molecule has 0 saturated carbocycles. The fourth-order valence-corrected chi connectivity index (χ4v) is 2.24. The molecule has 1 atom stereocenters. The molecule has 0 aliphatic rings. The third-order valence-corrected chi connectivity index (χ3v) is 3.30. The highest BCUT2D eigenvalue weighted by molar-refractivity contribution is 5.81. The molecule has 0 aliphatic heterocycles. The van der Waals surface area contributed by atoms with Gasteiger partial charge in [-0.2, -0.15) is 0 Å². The van der Waals surface area contributed by atoms with E-state index in [9.17, 15) is 19.7 Å². The predicted molar refractivity (Wildman–Crippen MR) is 91.2 cm³/mol. The Morgan fingerprint density at radius 1 is 1.28 bits per heavy atom. The van der Waals surface area contributed by atoms with Gasteiger partial charge >= 0.3 is 12.1 Å². The van der Waals surface area contributed by atoms with Crippen molar-refractivity contribution in [3.63, 3.8) is 0 Å². The summed E-state index contributed by atoms with van der Waals surface area (Å²) < 4.78 is 9.82. The Balaban J connectivity index is 2.67. The largest absolute Gasteiger partial charge is 0.467 e. The Morgan fingerprint density at radius 3 is 2.48 bits per heavy atom. The van der Waals surface area contributed by atoms with Gasteiger partial charge in [-0.3, -0.25) is 10.1 Å². The number of nitrogens with zero attached hydrogens (tertiary/aromatic N) is 1. The van der Waals surface area contributed by atoms with Crippen molar-refractivity contribution in [2.24, 2.45) is 0 Å². The summed E-state index contributed by atoms with van der Waals surface area (Å²) in [5.74, 6) is -0.589. The molecule has 138 valence electrons. The monoisotopic (exact) mass is 352 g/mol. The van der Waals surface area contributed by atoms with Crippen molar-refractivity contribution in [2.75, 3.05) is 7.11 Å². The van der Waals surface area contributed by atoms with E-state index in [1.54, 1.807) is 39.0 Å². The number of carbonyl (C=O) groups is 2. The number of hydrogen-bond acceptors (Lipinski definition) is 6. The molecule has 1 amide bonds. The number of rotatable bonds is 7. The van der Waals surface area contributed by atoms with E-state index in [0.29, 0.717) is 18.4 Å². The molecule has 0 fully saturated rings. The van der Waals surface area contributed by atoms with Crippen LogP contribution < -0.4 is 5.32 Å². The molecule has 8 heteroatoms. The molecule has 0 radical (unpaired) electrons. The minimum absolute atomic E-state index is 0.0391. The van der Waals surface area contributed by atoms with Gasteiger partial charge in [0.05, 0.1) is 12.0 Å². The van der Waals surface area contributed by atoms with Crippen molar-refractivity contribution in [2.45, 2.75) is 51.7 Å². The molecule has 0 aliphatic carbocycles. The lowest BCUT2D eigenvalue weighted by molar-refractivity contribution is -0.385. The van der Waals surface area contributed by atoms with Gasteiger partial charge < -0.3 is 14.8 Å². The highest BCUT2D eigenvalue weighted by Gasteiger charge is 2.25. The van der Waals surface area contributed by atoms with Gasteiger partial charge in [-0.15, -0.1) is 0 Å². The molecular weight excluding hydrogens is 328 g/mol. The lowest BCUT2D eigenvalue weighted by Crippen LogP contribution is -2.44. The van der Waals surface area contributed by atoms with Gasteiger partial charge in [0, 0.05) is 11.6 Å². The van der Waals surface area contributed by atoms with Crippen LogP contribution in [-0.2, 0) is 20.7 Å². The van der Waals surface area contributed by atoms with Crippen LogP contribution in [0.1, 0.15) is 39.2 Å². The predicted octanol–water partition coefficient (Wildman–Crippen LogP) is 2.98. The summed E-state index contributed by atoms with van der Waals surface area (Å²) in [4.78, 5) is 34.2. The number of para-hydroxylation sites is 1. The second kappa shape index (κ2) is 9.00. The maximum absolute atomic E-state index is 11.8. The first kappa shape index (κ1) is 20.4. The molecular formula is C17H24N2O6. The minimum atomic E-state index is -0.873. The average molecular weight is 352 g/mol. The lowest BCUT2D eigenvalue weighted by Gasteiger charge is -2.22. The molecule has 0 heterocycles. The first-order valence-corrected chi connectivity index (χ1v) is 7.93. The third kappa shape index (κ3) is 7.19. The lowest BCUT2D eigenvalue weighted by atomic mass is 10.0. The van der Waals surface area contributed by atoms with Crippen molar-refractivity contribution in [1.82, 2.24) is 5.32 Å². The van der Waals surface area contributed by atoms with Crippen LogP contribution in [0.25, 0.3) is 0 Å². The highest BCUT2D eigenvalue weighted by atomic mass is 16.6. The van der Waals surface area contributed by atoms with Crippen LogP contribution in [0.4, 0.5) is 10.5 Å². The number of esters is 1. The zero-order valence-corrected chi connectivity index (χ0v) is 14.9. The van der Waals surface area contributed by atoms with E-state index in [0.717, 1.165) is 0 Å².